The van der Waals surface area contributed by atoms with Gasteiger partial charge in [0.05, 0.1) is 12.4 Å². The van der Waals surface area contributed by atoms with E-state index in [0.717, 1.165) is 16.3 Å². The standard InChI is InChI=1S/C20H20N6OS/c1-12(14-9-5-7-13-6-3-4-8-15(13)14)23-16(27)10-26-11-22-17-18(26)24-20(21)25-19(17)28-2/h3-9,11-12H,10H2,1-2H3,(H,23,27)(H2,21,24,25)/t12-/m1/s1. The van der Waals surface area contributed by atoms with Crippen molar-refractivity contribution in [2.45, 2.75) is 24.5 Å². The first-order chi connectivity index (χ1) is 13.6. The predicted octanol–water partition coefficient (Wildman–Crippen LogP) is 3.16. The molecule has 0 radical (unpaired) electrons. The number of thioether (sulfide) groups is 1. The number of nitrogens with two attached hydrogens (primary N) is 1. The quantitative estimate of drug-likeness (QED) is 0.400. The lowest BCUT2D eigenvalue weighted by Gasteiger charge is -2.17. The summed E-state index contributed by atoms with van der Waals surface area (Å²) in [5.74, 6) is 0.0470. The fraction of sp³-hybridized carbons (Fsp3) is 0.200. The van der Waals surface area contributed by atoms with Gasteiger partial charge < -0.3 is 15.6 Å². The number of nitrogens with one attached hydrogen (secondary N) is 1. The zero-order valence-electron chi connectivity index (χ0n) is 15.6. The fourth-order valence-corrected chi connectivity index (χ4v) is 3.86. The summed E-state index contributed by atoms with van der Waals surface area (Å²) in [7, 11) is 0. The van der Waals surface area contributed by atoms with Gasteiger partial charge in [-0.15, -0.1) is 11.8 Å². The lowest BCUT2D eigenvalue weighted by Crippen LogP contribution is -2.30. The Morgan fingerprint density at radius 3 is 2.82 bits per heavy atom. The Kier molecular flexibility index (Phi) is 4.87. The van der Waals surface area contributed by atoms with Gasteiger partial charge in [0.15, 0.2) is 5.65 Å². The van der Waals surface area contributed by atoms with Gasteiger partial charge in [0, 0.05) is 0 Å². The summed E-state index contributed by atoms with van der Waals surface area (Å²) >= 11 is 1.45. The van der Waals surface area contributed by atoms with Gasteiger partial charge in [-0.2, -0.15) is 4.98 Å². The number of hydrogen-bond donors (Lipinski definition) is 2. The Morgan fingerprint density at radius 1 is 1.21 bits per heavy atom. The number of amides is 1. The van der Waals surface area contributed by atoms with E-state index in [1.165, 1.54) is 11.8 Å². The molecule has 28 heavy (non-hydrogen) atoms. The number of rotatable bonds is 5. The first-order valence-corrected chi connectivity index (χ1v) is 10.1. The first-order valence-electron chi connectivity index (χ1n) is 8.86. The SMILES string of the molecule is CSc1nc(N)nc2c1ncn2CC(=O)N[C@H](C)c1cccc2ccccc12. The molecule has 4 aromatic rings. The number of fused-ring (bicyclic) bond motifs is 2. The molecule has 0 fully saturated rings. The second-order valence-electron chi connectivity index (χ2n) is 6.49. The van der Waals surface area contributed by atoms with Crippen LogP contribution in [0, 0.1) is 0 Å². The van der Waals surface area contributed by atoms with E-state index in [1.54, 1.807) is 10.9 Å². The fourth-order valence-electron chi connectivity index (χ4n) is 3.34. The molecular formula is C20H20N6OS. The van der Waals surface area contributed by atoms with Gasteiger partial charge in [-0.05, 0) is 29.5 Å². The third-order valence-electron chi connectivity index (χ3n) is 4.62. The maximum absolute atomic E-state index is 12.7. The molecule has 4 rings (SSSR count). The van der Waals surface area contributed by atoms with Crippen LogP contribution in [0.5, 0.6) is 0 Å². The molecule has 8 heteroatoms. The number of aromatic nitrogens is 4. The third-order valence-corrected chi connectivity index (χ3v) is 5.30. The van der Waals surface area contributed by atoms with E-state index in [2.05, 4.69) is 38.5 Å². The summed E-state index contributed by atoms with van der Waals surface area (Å²) < 4.78 is 1.69. The highest BCUT2D eigenvalue weighted by Crippen LogP contribution is 2.25. The molecule has 0 aliphatic carbocycles. The van der Waals surface area contributed by atoms with Crippen molar-refractivity contribution in [3.8, 4) is 0 Å². The minimum absolute atomic E-state index is 0.107. The molecule has 142 valence electrons. The summed E-state index contributed by atoms with van der Waals surface area (Å²) in [6.07, 6.45) is 3.50. The van der Waals surface area contributed by atoms with Crippen LogP contribution in [0.15, 0.2) is 53.8 Å². The predicted molar refractivity (Wildman–Crippen MR) is 112 cm³/mol. The number of carbonyl (C=O) groups is 1. The van der Waals surface area contributed by atoms with Crippen molar-refractivity contribution in [3.63, 3.8) is 0 Å². The van der Waals surface area contributed by atoms with Crippen LogP contribution in [-0.2, 0) is 11.3 Å². The number of anilines is 1. The Bertz CT molecular complexity index is 1170. The van der Waals surface area contributed by atoms with Crippen molar-refractivity contribution >= 4 is 45.6 Å². The van der Waals surface area contributed by atoms with Gasteiger partial charge in [0.2, 0.25) is 11.9 Å². The smallest absolute Gasteiger partial charge is 0.240 e. The molecule has 0 bridgehead atoms. The van der Waals surface area contributed by atoms with Gasteiger partial charge >= 0.3 is 0 Å². The van der Waals surface area contributed by atoms with E-state index in [0.29, 0.717) is 16.2 Å². The van der Waals surface area contributed by atoms with Gasteiger partial charge in [-0.25, -0.2) is 9.97 Å². The van der Waals surface area contributed by atoms with Crippen molar-refractivity contribution in [2.75, 3.05) is 12.0 Å². The zero-order chi connectivity index (χ0) is 19.7. The Labute approximate surface area is 166 Å². The summed E-state index contributed by atoms with van der Waals surface area (Å²) in [6, 6.07) is 14.1. The molecule has 0 saturated carbocycles. The second kappa shape index (κ2) is 7.47. The van der Waals surface area contributed by atoms with E-state index >= 15 is 0 Å². The molecule has 1 atom stereocenters. The molecule has 1 amide bonds. The summed E-state index contributed by atoms with van der Waals surface area (Å²) in [6.45, 7) is 2.09. The monoisotopic (exact) mass is 392 g/mol. The van der Waals surface area contributed by atoms with Crippen LogP contribution in [0.3, 0.4) is 0 Å². The number of hydrogen-bond acceptors (Lipinski definition) is 6. The van der Waals surface area contributed by atoms with E-state index in [4.69, 9.17) is 5.73 Å². The van der Waals surface area contributed by atoms with Crippen molar-refractivity contribution in [1.29, 1.82) is 0 Å². The van der Waals surface area contributed by atoms with Crippen molar-refractivity contribution < 1.29 is 4.79 Å². The van der Waals surface area contributed by atoms with Gasteiger partial charge in [0.1, 0.15) is 17.1 Å². The first kappa shape index (κ1) is 18.2. The second-order valence-corrected chi connectivity index (χ2v) is 7.29. The molecule has 3 N–H and O–H groups in total. The topological polar surface area (TPSA) is 98.7 Å². The number of carbonyl (C=O) groups excluding carboxylic acids is 1. The van der Waals surface area contributed by atoms with Gasteiger partial charge in [0.25, 0.3) is 0 Å². The van der Waals surface area contributed by atoms with Crippen LogP contribution in [-0.4, -0.2) is 31.7 Å². The van der Waals surface area contributed by atoms with E-state index in [-0.39, 0.29) is 24.4 Å². The number of benzene rings is 2. The maximum atomic E-state index is 12.7. The molecule has 0 aliphatic rings. The average molecular weight is 392 g/mol. The van der Waals surface area contributed by atoms with E-state index in [9.17, 15) is 4.79 Å². The van der Waals surface area contributed by atoms with Crippen molar-refractivity contribution in [3.05, 3.63) is 54.4 Å². The van der Waals surface area contributed by atoms with Crippen LogP contribution in [0.4, 0.5) is 5.95 Å². The Balaban J connectivity index is 1.56. The zero-order valence-corrected chi connectivity index (χ0v) is 16.4. The van der Waals surface area contributed by atoms with Gasteiger partial charge in [-0.1, -0.05) is 42.5 Å². The number of nitrogen functional groups attached to an aromatic ring is 1. The lowest BCUT2D eigenvalue weighted by atomic mass is 10.00. The van der Waals surface area contributed by atoms with Crippen LogP contribution in [0.1, 0.15) is 18.5 Å². The van der Waals surface area contributed by atoms with Crippen LogP contribution >= 0.6 is 11.8 Å². The molecule has 2 aromatic heterocycles. The highest BCUT2D eigenvalue weighted by molar-refractivity contribution is 7.98. The molecule has 7 nitrogen and oxygen atoms in total. The Hall–Kier alpha value is -3.13. The minimum atomic E-state index is -0.130. The van der Waals surface area contributed by atoms with E-state index in [1.807, 2.05) is 37.4 Å². The maximum Gasteiger partial charge on any atom is 0.240 e. The largest absolute Gasteiger partial charge is 0.368 e. The van der Waals surface area contributed by atoms with Crippen LogP contribution in [0.25, 0.3) is 21.9 Å². The molecule has 0 saturated heterocycles. The van der Waals surface area contributed by atoms with Gasteiger partial charge in [-0.3, -0.25) is 4.79 Å². The normalized spacial score (nSPS) is 12.4. The van der Waals surface area contributed by atoms with E-state index < -0.39 is 0 Å². The van der Waals surface area contributed by atoms with Crippen molar-refractivity contribution in [1.82, 2.24) is 24.8 Å². The molecule has 0 unspecified atom stereocenters. The Morgan fingerprint density at radius 2 is 2.00 bits per heavy atom. The summed E-state index contributed by atoms with van der Waals surface area (Å²) in [5.41, 5.74) is 8.08. The molecule has 0 spiro atoms. The summed E-state index contributed by atoms with van der Waals surface area (Å²) in [4.78, 5) is 25.4. The highest BCUT2D eigenvalue weighted by Gasteiger charge is 2.16. The number of nitrogens with zero attached hydrogens (tertiary/aromatic N) is 4. The number of imidazole rings is 1. The summed E-state index contributed by atoms with van der Waals surface area (Å²) in [5, 5.41) is 6.05. The third kappa shape index (κ3) is 3.38. The lowest BCUT2D eigenvalue weighted by molar-refractivity contribution is -0.122. The van der Waals surface area contributed by atoms with Crippen LogP contribution < -0.4 is 11.1 Å². The molecule has 2 heterocycles. The molecule has 2 aromatic carbocycles. The van der Waals surface area contributed by atoms with Crippen LogP contribution in [0.2, 0.25) is 0 Å². The van der Waals surface area contributed by atoms with Crippen molar-refractivity contribution in [2.24, 2.45) is 0 Å². The molecule has 0 aliphatic heterocycles. The highest BCUT2D eigenvalue weighted by atomic mass is 32.2. The average Bonchev–Trinajstić information content (AvgIpc) is 3.09. The minimum Gasteiger partial charge on any atom is -0.368 e. The molecular weight excluding hydrogens is 372 g/mol.